The smallest absolute Gasteiger partial charge is 0.341 e. The van der Waals surface area contributed by atoms with Gasteiger partial charge in [0.15, 0.2) is 11.6 Å². The maximum atomic E-state index is 15.3. The summed E-state index contributed by atoms with van der Waals surface area (Å²) < 4.78 is 22.7. The lowest BCUT2D eigenvalue weighted by molar-refractivity contribution is 0.0695. The van der Waals surface area contributed by atoms with Gasteiger partial charge >= 0.3 is 5.97 Å². The second-order valence-corrected chi connectivity index (χ2v) is 8.62. The van der Waals surface area contributed by atoms with Gasteiger partial charge in [-0.05, 0) is 44.1 Å². The molecule has 3 aliphatic rings. The van der Waals surface area contributed by atoms with Crippen LogP contribution in [0.2, 0.25) is 0 Å². The van der Waals surface area contributed by atoms with Crippen LogP contribution in [-0.4, -0.2) is 41.4 Å². The highest BCUT2D eigenvalue weighted by atomic mass is 35.5. The van der Waals surface area contributed by atoms with Crippen molar-refractivity contribution in [3.8, 4) is 5.75 Å². The van der Waals surface area contributed by atoms with Gasteiger partial charge in [-0.2, -0.15) is 0 Å². The number of pyridine rings is 1. The third-order valence-electron chi connectivity index (χ3n) is 6.72. The van der Waals surface area contributed by atoms with Crippen molar-refractivity contribution in [3.63, 3.8) is 0 Å². The van der Waals surface area contributed by atoms with Crippen molar-refractivity contribution >= 4 is 35.0 Å². The first-order valence-corrected chi connectivity index (χ1v) is 10.1. The quantitative estimate of drug-likeness (QED) is 0.746. The number of nitrogens with two attached hydrogens (primary N) is 1. The van der Waals surface area contributed by atoms with Crippen LogP contribution < -0.4 is 20.8 Å². The van der Waals surface area contributed by atoms with E-state index in [0.717, 1.165) is 32.1 Å². The van der Waals surface area contributed by atoms with E-state index in [1.807, 2.05) is 4.90 Å². The maximum absolute atomic E-state index is 15.3. The number of hydrogen-bond acceptors (Lipinski definition) is 5. The van der Waals surface area contributed by atoms with E-state index >= 15 is 4.39 Å². The molecule has 9 heteroatoms. The molecule has 0 amide bonds. The van der Waals surface area contributed by atoms with Gasteiger partial charge in [-0.1, -0.05) is 0 Å². The SMILES string of the molecule is COc1c(N2CCC(C3(N)CC3)C2)c(F)cc2c(=O)c(C(=O)O)cn(C3CC3)c12.Cl. The first-order chi connectivity index (χ1) is 13.8. The number of aromatic carboxylic acids is 1. The normalized spacial score (nSPS) is 22.1. The third-order valence-corrected chi connectivity index (χ3v) is 6.72. The Labute approximate surface area is 179 Å². The Kier molecular flexibility index (Phi) is 4.97. The largest absolute Gasteiger partial charge is 0.492 e. The molecule has 2 heterocycles. The van der Waals surface area contributed by atoms with Crippen LogP contribution in [0.3, 0.4) is 0 Å². The highest BCUT2D eigenvalue weighted by molar-refractivity contribution is 5.97. The minimum Gasteiger partial charge on any atom is -0.492 e. The molecular weight excluding hydrogens is 413 g/mol. The fraction of sp³-hybridized carbons (Fsp3) is 0.524. The highest BCUT2D eigenvalue weighted by Crippen LogP contribution is 2.48. The molecule has 1 unspecified atom stereocenters. The van der Waals surface area contributed by atoms with Crippen molar-refractivity contribution in [1.29, 1.82) is 0 Å². The number of anilines is 1. The molecule has 1 saturated heterocycles. The van der Waals surface area contributed by atoms with Crippen molar-refractivity contribution in [2.45, 2.75) is 43.7 Å². The topological polar surface area (TPSA) is 97.8 Å². The lowest BCUT2D eigenvalue weighted by Gasteiger charge is -2.25. The Morgan fingerprint density at radius 2 is 2.03 bits per heavy atom. The van der Waals surface area contributed by atoms with Gasteiger partial charge in [0, 0.05) is 30.9 Å². The van der Waals surface area contributed by atoms with Crippen LogP contribution in [0.1, 0.15) is 48.5 Å². The minimum absolute atomic E-state index is 0. The highest BCUT2D eigenvalue weighted by Gasteiger charge is 2.48. The Bertz CT molecular complexity index is 1090. The van der Waals surface area contributed by atoms with Crippen LogP contribution in [0.4, 0.5) is 10.1 Å². The van der Waals surface area contributed by atoms with Gasteiger partial charge in [0.1, 0.15) is 11.3 Å². The van der Waals surface area contributed by atoms with Gasteiger partial charge in [0.25, 0.3) is 0 Å². The van der Waals surface area contributed by atoms with E-state index in [0.29, 0.717) is 36.0 Å². The fourth-order valence-corrected chi connectivity index (χ4v) is 4.71. The van der Waals surface area contributed by atoms with Crippen LogP contribution in [0.25, 0.3) is 10.9 Å². The van der Waals surface area contributed by atoms with Gasteiger partial charge in [0.2, 0.25) is 5.43 Å². The second kappa shape index (κ2) is 7.13. The van der Waals surface area contributed by atoms with Gasteiger partial charge < -0.3 is 25.0 Å². The molecule has 1 aromatic heterocycles. The van der Waals surface area contributed by atoms with Crippen LogP contribution in [-0.2, 0) is 0 Å². The first kappa shape index (κ1) is 20.9. The van der Waals surface area contributed by atoms with Gasteiger partial charge in [-0.25, -0.2) is 9.18 Å². The zero-order valence-electron chi connectivity index (χ0n) is 16.7. The van der Waals surface area contributed by atoms with E-state index in [1.54, 1.807) is 4.57 Å². The molecule has 0 spiro atoms. The lowest BCUT2D eigenvalue weighted by Crippen LogP contribution is -2.34. The summed E-state index contributed by atoms with van der Waals surface area (Å²) in [6.07, 6.45) is 6.04. The third kappa shape index (κ3) is 3.13. The Morgan fingerprint density at radius 3 is 2.60 bits per heavy atom. The number of hydrogen-bond donors (Lipinski definition) is 2. The van der Waals surface area contributed by atoms with E-state index < -0.39 is 17.2 Å². The molecule has 2 aromatic rings. The molecule has 162 valence electrons. The number of methoxy groups -OCH3 is 1. The second-order valence-electron chi connectivity index (χ2n) is 8.62. The molecule has 5 rings (SSSR count). The number of ether oxygens (including phenoxy) is 1. The van der Waals surface area contributed by atoms with E-state index in [2.05, 4.69) is 0 Å². The maximum Gasteiger partial charge on any atom is 0.341 e. The lowest BCUT2D eigenvalue weighted by atomic mass is 9.97. The van der Waals surface area contributed by atoms with E-state index in [9.17, 15) is 14.7 Å². The summed E-state index contributed by atoms with van der Waals surface area (Å²) in [6, 6.07) is 1.26. The number of rotatable bonds is 5. The molecule has 3 fully saturated rings. The van der Waals surface area contributed by atoms with E-state index in [1.165, 1.54) is 19.4 Å². The zero-order valence-corrected chi connectivity index (χ0v) is 17.5. The average molecular weight is 438 g/mol. The summed E-state index contributed by atoms with van der Waals surface area (Å²) in [4.78, 5) is 26.3. The van der Waals surface area contributed by atoms with Crippen LogP contribution in [0.15, 0.2) is 17.1 Å². The average Bonchev–Trinajstić information content (AvgIpc) is 3.61. The van der Waals surface area contributed by atoms with E-state index in [-0.39, 0.29) is 34.9 Å². The summed E-state index contributed by atoms with van der Waals surface area (Å²) in [5, 5.41) is 9.47. The monoisotopic (exact) mass is 437 g/mol. The van der Waals surface area contributed by atoms with Crippen LogP contribution in [0, 0.1) is 11.7 Å². The van der Waals surface area contributed by atoms with Crippen molar-refractivity contribution in [2.75, 3.05) is 25.1 Å². The summed E-state index contributed by atoms with van der Waals surface area (Å²) in [5.74, 6) is -1.28. The summed E-state index contributed by atoms with van der Waals surface area (Å²) in [7, 11) is 1.46. The standard InChI is InChI=1S/C21H24FN3O4.ClH/c1-29-19-16-13(18(26)14(20(27)28)10-25(16)12-2-3-12)8-15(22)17(19)24-7-4-11(9-24)21(23)5-6-21;/h8,10-12H,2-7,9,23H2,1H3,(H,27,28);1H. The number of fused-ring (bicyclic) bond motifs is 1. The molecule has 2 aliphatic carbocycles. The number of aromatic nitrogens is 1. The minimum atomic E-state index is -1.31. The number of carboxylic acid groups (broad SMARTS) is 1. The molecule has 0 bridgehead atoms. The Hall–Kier alpha value is -2.32. The Balaban J connectivity index is 0.00000218. The molecule has 7 nitrogen and oxygen atoms in total. The molecule has 2 saturated carbocycles. The van der Waals surface area contributed by atoms with Gasteiger partial charge in [0.05, 0.1) is 18.0 Å². The zero-order chi connectivity index (χ0) is 20.5. The number of halogens is 2. The number of carboxylic acids is 1. The van der Waals surface area contributed by atoms with Crippen molar-refractivity contribution in [1.82, 2.24) is 4.57 Å². The van der Waals surface area contributed by atoms with Gasteiger partial charge in [-0.15, -0.1) is 12.4 Å². The molecule has 3 N–H and O–H groups in total. The summed E-state index contributed by atoms with van der Waals surface area (Å²) >= 11 is 0. The van der Waals surface area contributed by atoms with Crippen molar-refractivity contribution < 1.29 is 19.0 Å². The molecule has 1 aromatic carbocycles. The predicted octanol–water partition coefficient (Wildman–Crippen LogP) is 2.92. The fourth-order valence-electron chi connectivity index (χ4n) is 4.71. The number of benzene rings is 1. The Morgan fingerprint density at radius 1 is 1.33 bits per heavy atom. The molecule has 0 radical (unpaired) electrons. The summed E-state index contributed by atoms with van der Waals surface area (Å²) in [6.45, 7) is 1.32. The van der Waals surface area contributed by atoms with E-state index in [4.69, 9.17) is 10.5 Å². The van der Waals surface area contributed by atoms with Crippen molar-refractivity contribution in [3.05, 3.63) is 33.9 Å². The first-order valence-electron chi connectivity index (χ1n) is 10.1. The molecule has 1 aliphatic heterocycles. The molecular formula is C21H25ClFN3O4. The van der Waals surface area contributed by atoms with Crippen LogP contribution >= 0.6 is 12.4 Å². The number of carbonyl (C=O) groups is 1. The predicted molar refractivity (Wildman–Crippen MR) is 114 cm³/mol. The summed E-state index contributed by atoms with van der Waals surface area (Å²) in [5.41, 5.74) is 6.01. The number of nitrogens with zero attached hydrogens (tertiary/aromatic N) is 2. The van der Waals surface area contributed by atoms with Crippen molar-refractivity contribution in [2.24, 2.45) is 11.7 Å². The van der Waals surface area contributed by atoms with Crippen LogP contribution in [0.5, 0.6) is 5.75 Å². The molecule has 30 heavy (non-hydrogen) atoms. The van der Waals surface area contributed by atoms with Gasteiger partial charge in [-0.3, -0.25) is 4.79 Å². The molecule has 1 atom stereocenters.